The van der Waals surface area contributed by atoms with Crippen molar-refractivity contribution in [1.82, 2.24) is 0 Å². The number of hydrogen-bond donors (Lipinski definition) is 0. The Bertz CT molecular complexity index is 359. The van der Waals surface area contributed by atoms with Crippen LogP contribution in [0.2, 0.25) is 0 Å². The molecule has 1 aromatic rings. The average molecular weight is 227 g/mol. The third kappa shape index (κ3) is 2.52. The highest BCUT2D eigenvalue weighted by molar-refractivity contribution is 6.21. The van der Waals surface area contributed by atoms with Crippen molar-refractivity contribution in [2.24, 2.45) is 11.3 Å². The molecule has 15 heavy (non-hydrogen) atoms. The first-order chi connectivity index (χ1) is 6.99. The van der Waals surface area contributed by atoms with Crippen LogP contribution in [-0.4, -0.2) is 5.38 Å². The zero-order valence-corrected chi connectivity index (χ0v) is 9.89. The first kappa shape index (κ1) is 10.9. The van der Waals surface area contributed by atoms with Crippen molar-refractivity contribution in [3.63, 3.8) is 0 Å². The monoisotopic (exact) mass is 226 g/mol. The maximum atomic E-state index is 12.9. The summed E-state index contributed by atoms with van der Waals surface area (Å²) >= 11 is 6.33. The minimum absolute atomic E-state index is 0.141. The van der Waals surface area contributed by atoms with Crippen molar-refractivity contribution in [3.05, 3.63) is 35.6 Å². The molecule has 0 amide bonds. The molecule has 2 atom stereocenters. The van der Waals surface area contributed by atoms with Crippen LogP contribution in [0.3, 0.4) is 0 Å². The van der Waals surface area contributed by atoms with Gasteiger partial charge in [-0.05, 0) is 41.9 Å². The zero-order chi connectivity index (χ0) is 11.1. The van der Waals surface area contributed by atoms with Crippen LogP contribution in [0.15, 0.2) is 24.3 Å². The Labute approximate surface area is 95.4 Å². The van der Waals surface area contributed by atoms with Gasteiger partial charge in [0.05, 0.1) is 0 Å². The molecule has 0 aromatic heterocycles. The van der Waals surface area contributed by atoms with Crippen LogP contribution in [0.4, 0.5) is 4.39 Å². The highest BCUT2D eigenvalue weighted by Crippen LogP contribution is 2.55. The van der Waals surface area contributed by atoms with Gasteiger partial charge in [0, 0.05) is 5.38 Å². The third-order valence-corrected chi connectivity index (χ3v) is 3.80. The molecule has 1 aromatic carbocycles. The van der Waals surface area contributed by atoms with E-state index in [4.69, 9.17) is 11.6 Å². The van der Waals surface area contributed by atoms with Crippen molar-refractivity contribution >= 4 is 11.6 Å². The Hall–Kier alpha value is -0.560. The number of halogens is 2. The molecule has 1 fully saturated rings. The fraction of sp³-hybridized carbons (Fsp3) is 0.538. The highest BCUT2D eigenvalue weighted by Gasteiger charge is 2.49. The molecule has 2 rings (SSSR count). The van der Waals surface area contributed by atoms with Gasteiger partial charge in [-0.2, -0.15) is 0 Å². The molecule has 2 heteroatoms. The second-order valence-electron chi connectivity index (χ2n) is 5.15. The lowest BCUT2D eigenvalue weighted by molar-refractivity contribution is 0.537. The van der Waals surface area contributed by atoms with E-state index in [2.05, 4.69) is 13.8 Å². The molecule has 0 spiro atoms. The van der Waals surface area contributed by atoms with Crippen molar-refractivity contribution in [2.45, 2.75) is 32.1 Å². The molecule has 0 heterocycles. The van der Waals surface area contributed by atoms with Gasteiger partial charge < -0.3 is 0 Å². The van der Waals surface area contributed by atoms with Gasteiger partial charge in [-0.15, -0.1) is 11.6 Å². The lowest BCUT2D eigenvalue weighted by Crippen LogP contribution is -2.10. The lowest BCUT2D eigenvalue weighted by Gasteiger charge is -2.11. The summed E-state index contributed by atoms with van der Waals surface area (Å²) in [6.45, 7) is 4.47. The highest BCUT2D eigenvalue weighted by atomic mass is 35.5. The molecule has 0 bridgehead atoms. The molecule has 0 saturated heterocycles. The summed E-state index contributed by atoms with van der Waals surface area (Å²) in [5.41, 5.74) is 1.39. The van der Waals surface area contributed by atoms with Gasteiger partial charge >= 0.3 is 0 Å². The quantitative estimate of drug-likeness (QED) is 0.683. The average Bonchev–Trinajstić information content (AvgIpc) is 2.75. The van der Waals surface area contributed by atoms with Gasteiger partial charge in [-0.3, -0.25) is 0 Å². The summed E-state index contributed by atoms with van der Waals surface area (Å²) in [5, 5.41) is 0.141. The lowest BCUT2D eigenvalue weighted by atomic mass is 10.0. The van der Waals surface area contributed by atoms with Gasteiger partial charge in [0.1, 0.15) is 5.82 Å². The third-order valence-electron chi connectivity index (χ3n) is 3.35. The molecule has 1 saturated carbocycles. The number of alkyl halides is 1. The van der Waals surface area contributed by atoms with E-state index in [0.29, 0.717) is 11.3 Å². The summed E-state index contributed by atoms with van der Waals surface area (Å²) in [6, 6.07) is 6.72. The maximum Gasteiger partial charge on any atom is 0.123 e. The molecular formula is C13H16ClF. The van der Waals surface area contributed by atoms with E-state index in [9.17, 15) is 4.39 Å². The van der Waals surface area contributed by atoms with Crippen LogP contribution in [0.5, 0.6) is 0 Å². The smallest absolute Gasteiger partial charge is 0.123 e. The predicted molar refractivity (Wildman–Crippen MR) is 61.6 cm³/mol. The molecule has 1 aliphatic carbocycles. The van der Waals surface area contributed by atoms with Gasteiger partial charge in [0.2, 0.25) is 0 Å². The van der Waals surface area contributed by atoms with Gasteiger partial charge in [0.25, 0.3) is 0 Å². The Morgan fingerprint density at radius 1 is 1.53 bits per heavy atom. The molecule has 1 aliphatic rings. The maximum absolute atomic E-state index is 12.9. The number of hydrogen-bond acceptors (Lipinski definition) is 0. The summed E-state index contributed by atoms with van der Waals surface area (Å²) in [7, 11) is 0. The van der Waals surface area contributed by atoms with Crippen molar-refractivity contribution in [2.75, 3.05) is 0 Å². The van der Waals surface area contributed by atoms with E-state index in [1.165, 1.54) is 12.5 Å². The van der Waals surface area contributed by atoms with E-state index in [-0.39, 0.29) is 11.2 Å². The Morgan fingerprint density at radius 3 is 2.73 bits per heavy atom. The summed E-state index contributed by atoms with van der Waals surface area (Å²) < 4.78 is 12.9. The van der Waals surface area contributed by atoms with Gasteiger partial charge in [-0.25, -0.2) is 4.39 Å². The predicted octanol–water partition coefficient (Wildman–Crippen LogP) is 4.02. The normalized spacial score (nSPS) is 24.9. The molecular weight excluding hydrogens is 211 g/mol. The Morgan fingerprint density at radius 2 is 2.20 bits per heavy atom. The van der Waals surface area contributed by atoms with E-state index in [0.717, 1.165) is 12.0 Å². The standard InChI is InChI=1S/C13H16ClF/c1-13(2)8-11(13)12(14)7-9-4-3-5-10(15)6-9/h3-6,11-12H,7-8H2,1-2H3. The summed E-state index contributed by atoms with van der Waals surface area (Å²) in [6.07, 6.45) is 1.96. The second-order valence-corrected chi connectivity index (χ2v) is 5.71. The van der Waals surface area contributed by atoms with Crippen LogP contribution in [0.1, 0.15) is 25.8 Å². The SMILES string of the molecule is CC1(C)CC1C(Cl)Cc1cccc(F)c1. The van der Waals surface area contributed by atoms with Crippen molar-refractivity contribution in [1.29, 1.82) is 0 Å². The summed E-state index contributed by atoms with van der Waals surface area (Å²) in [5.74, 6) is 0.411. The van der Waals surface area contributed by atoms with Crippen LogP contribution >= 0.6 is 11.6 Å². The second kappa shape index (κ2) is 3.79. The largest absolute Gasteiger partial charge is 0.207 e. The van der Waals surface area contributed by atoms with Gasteiger partial charge in [0.15, 0.2) is 0 Å². The fourth-order valence-corrected chi connectivity index (χ4v) is 2.77. The molecule has 0 aliphatic heterocycles. The minimum Gasteiger partial charge on any atom is -0.207 e. The van der Waals surface area contributed by atoms with E-state index < -0.39 is 0 Å². The van der Waals surface area contributed by atoms with Crippen molar-refractivity contribution < 1.29 is 4.39 Å². The fourth-order valence-electron chi connectivity index (χ4n) is 2.16. The van der Waals surface area contributed by atoms with Crippen LogP contribution < -0.4 is 0 Å². The van der Waals surface area contributed by atoms with Crippen LogP contribution in [0.25, 0.3) is 0 Å². The topological polar surface area (TPSA) is 0 Å². The minimum atomic E-state index is -0.175. The number of rotatable bonds is 3. The van der Waals surface area contributed by atoms with Crippen molar-refractivity contribution in [3.8, 4) is 0 Å². The zero-order valence-electron chi connectivity index (χ0n) is 9.13. The molecule has 2 unspecified atom stereocenters. The molecule has 0 radical (unpaired) electrons. The molecule has 0 N–H and O–H groups in total. The first-order valence-corrected chi connectivity index (χ1v) is 5.81. The van der Waals surface area contributed by atoms with E-state index in [1.54, 1.807) is 12.1 Å². The first-order valence-electron chi connectivity index (χ1n) is 5.37. The van der Waals surface area contributed by atoms with Crippen LogP contribution in [0, 0.1) is 17.2 Å². The summed E-state index contributed by atoms with van der Waals surface area (Å²) in [4.78, 5) is 0. The van der Waals surface area contributed by atoms with E-state index >= 15 is 0 Å². The Balaban J connectivity index is 1.98. The van der Waals surface area contributed by atoms with Gasteiger partial charge in [-0.1, -0.05) is 26.0 Å². The van der Waals surface area contributed by atoms with E-state index in [1.807, 2.05) is 6.07 Å². The Kier molecular flexibility index (Phi) is 2.76. The molecule has 0 nitrogen and oxygen atoms in total. The van der Waals surface area contributed by atoms with Crippen LogP contribution in [-0.2, 0) is 6.42 Å². The number of benzene rings is 1. The molecule has 82 valence electrons.